The Hall–Kier alpha value is -2.68. The number of carbonyl (C=O) groups is 2. The van der Waals surface area contributed by atoms with Crippen LogP contribution in [0.25, 0.3) is 0 Å². The van der Waals surface area contributed by atoms with E-state index in [1.54, 1.807) is 25.1 Å². The Balaban J connectivity index is 0.000000220. The average Bonchev–Trinajstić information content (AvgIpc) is 3.13. The number of hydrogen-bond donors (Lipinski definition) is 1. The van der Waals surface area contributed by atoms with E-state index in [1.807, 2.05) is 12.1 Å². The van der Waals surface area contributed by atoms with Crippen LogP contribution in [0.4, 0.5) is 0 Å². The lowest BCUT2D eigenvalue weighted by Gasteiger charge is -1.90. The van der Waals surface area contributed by atoms with Crippen molar-refractivity contribution in [1.29, 1.82) is 10.5 Å². The molecule has 6 nitrogen and oxygen atoms in total. The maximum Gasteiger partial charge on any atom is 0.348 e. The average molecular weight is 334 g/mol. The molecule has 0 amide bonds. The van der Waals surface area contributed by atoms with Crippen LogP contribution in [-0.4, -0.2) is 24.2 Å². The summed E-state index contributed by atoms with van der Waals surface area (Å²) in [7, 11) is 1.31. The fourth-order valence-electron chi connectivity index (χ4n) is 1.36. The van der Waals surface area contributed by atoms with Gasteiger partial charge in [0.25, 0.3) is 0 Å². The Labute approximate surface area is 134 Å². The zero-order valence-corrected chi connectivity index (χ0v) is 13.2. The number of methoxy groups -OCH3 is 1. The molecule has 2 aromatic rings. The van der Waals surface area contributed by atoms with Crippen LogP contribution < -0.4 is 0 Å². The molecule has 0 saturated carbocycles. The molecule has 0 fully saturated rings. The molecule has 0 aliphatic rings. The van der Waals surface area contributed by atoms with E-state index in [4.69, 9.17) is 15.6 Å². The van der Waals surface area contributed by atoms with Gasteiger partial charge in [0.05, 0.1) is 7.11 Å². The van der Waals surface area contributed by atoms with Gasteiger partial charge < -0.3 is 9.84 Å². The summed E-state index contributed by atoms with van der Waals surface area (Å²) in [6.07, 6.45) is 0. The molecule has 2 rings (SSSR count). The summed E-state index contributed by atoms with van der Waals surface area (Å²) in [5.41, 5.74) is 0.652. The standard InChI is InChI=1S/2C7H5NO2S/c1-4-2-5(3-8)11-6(4)7(9)10;1-10-7(9)6-3-2-5(4-8)11-6/h2H,1H3,(H,9,10);2-3H,1H3. The number of aromatic carboxylic acids is 1. The highest BCUT2D eigenvalue weighted by molar-refractivity contribution is 7.14. The molecule has 8 heteroatoms. The Morgan fingerprint density at radius 2 is 1.82 bits per heavy atom. The molecular formula is C14H10N2O4S2. The van der Waals surface area contributed by atoms with E-state index in [0.717, 1.165) is 22.7 Å². The van der Waals surface area contributed by atoms with Gasteiger partial charge in [-0.1, -0.05) is 0 Å². The van der Waals surface area contributed by atoms with Crippen LogP contribution in [0.5, 0.6) is 0 Å². The number of nitrogens with zero attached hydrogens (tertiary/aromatic N) is 2. The SMILES string of the molecule is COC(=O)c1ccc(C#N)s1.Cc1cc(C#N)sc1C(=O)O. The second-order valence-corrected chi connectivity index (χ2v) is 5.94. The van der Waals surface area contributed by atoms with E-state index in [-0.39, 0.29) is 4.88 Å². The van der Waals surface area contributed by atoms with Crippen LogP contribution in [0.3, 0.4) is 0 Å². The Morgan fingerprint density at radius 1 is 1.18 bits per heavy atom. The largest absolute Gasteiger partial charge is 0.477 e. The molecule has 1 N–H and O–H groups in total. The number of rotatable bonds is 2. The second-order valence-electron chi connectivity index (χ2n) is 3.81. The van der Waals surface area contributed by atoms with Gasteiger partial charge in [-0.05, 0) is 30.7 Å². The van der Waals surface area contributed by atoms with Gasteiger partial charge in [-0.15, -0.1) is 22.7 Å². The van der Waals surface area contributed by atoms with Crippen molar-refractivity contribution in [2.75, 3.05) is 7.11 Å². The maximum absolute atomic E-state index is 10.8. The van der Waals surface area contributed by atoms with Crippen LogP contribution in [0.15, 0.2) is 18.2 Å². The summed E-state index contributed by atoms with van der Waals surface area (Å²) in [6, 6.07) is 8.59. The smallest absolute Gasteiger partial charge is 0.348 e. The minimum Gasteiger partial charge on any atom is -0.477 e. The maximum atomic E-state index is 10.8. The summed E-state index contributed by atoms with van der Waals surface area (Å²) in [6.45, 7) is 1.68. The molecule has 2 heterocycles. The topological polar surface area (TPSA) is 111 Å². The summed E-state index contributed by atoms with van der Waals surface area (Å²) < 4.78 is 4.46. The number of hydrogen-bond acceptors (Lipinski definition) is 7. The minimum absolute atomic E-state index is 0.251. The Bertz CT molecular complexity index is 778. The van der Waals surface area contributed by atoms with Crippen LogP contribution in [0.1, 0.15) is 34.7 Å². The molecule has 0 spiro atoms. The van der Waals surface area contributed by atoms with Gasteiger partial charge in [-0.3, -0.25) is 0 Å². The predicted octanol–water partition coefficient (Wildman–Crippen LogP) is 3.03. The number of carboxylic acids is 1. The molecule has 0 aromatic carbocycles. The molecule has 22 heavy (non-hydrogen) atoms. The van der Waals surface area contributed by atoms with Gasteiger partial charge in [0, 0.05) is 0 Å². The number of aryl methyl sites for hydroxylation is 1. The van der Waals surface area contributed by atoms with Crippen molar-refractivity contribution in [2.24, 2.45) is 0 Å². The number of thiophene rings is 2. The number of esters is 1. The Kier molecular flexibility index (Phi) is 6.26. The van der Waals surface area contributed by atoms with E-state index in [2.05, 4.69) is 4.74 Å². The van der Waals surface area contributed by atoms with Crippen molar-refractivity contribution in [2.45, 2.75) is 6.92 Å². The van der Waals surface area contributed by atoms with Gasteiger partial charge in [-0.25, -0.2) is 9.59 Å². The quantitative estimate of drug-likeness (QED) is 0.845. The fourth-order valence-corrected chi connectivity index (χ4v) is 2.89. The van der Waals surface area contributed by atoms with Gasteiger partial charge in [0.1, 0.15) is 31.6 Å². The van der Waals surface area contributed by atoms with E-state index in [1.165, 1.54) is 7.11 Å². The predicted molar refractivity (Wildman–Crippen MR) is 81.1 cm³/mol. The molecule has 0 atom stereocenters. The molecule has 0 unspecified atom stereocenters. The number of carboxylic acid groups (broad SMARTS) is 1. The fraction of sp³-hybridized carbons (Fsp3) is 0.143. The van der Waals surface area contributed by atoms with Crippen LogP contribution >= 0.6 is 22.7 Å². The van der Waals surface area contributed by atoms with Crippen molar-refractivity contribution in [3.63, 3.8) is 0 Å². The summed E-state index contributed by atoms with van der Waals surface area (Å²) in [5.74, 6) is -1.36. The lowest BCUT2D eigenvalue weighted by atomic mass is 10.3. The third-order valence-corrected chi connectivity index (χ3v) is 4.42. The van der Waals surface area contributed by atoms with Gasteiger partial charge >= 0.3 is 11.9 Å². The van der Waals surface area contributed by atoms with Crippen LogP contribution in [-0.2, 0) is 4.74 Å². The first-order chi connectivity index (χ1) is 10.4. The minimum atomic E-state index is -0.964. The third-order valence-electron chi connectivity index (χ3n) is 2.32. The van der Waals surface area contributed by atoms with Crippen molar-refractivity contribution >= 4 is 34.6 Å². The van der Waals surface area contributed by atoms with Crippen molar-refractivity contribution in [3.8, 4) is 12.1 Å². The van der Waals surface area contributed by atoms with Crippen molar-refractivity contribution < 1.29 is 19.4 Å². The summed E-state index contributed by atoms with van der Waals surface area (Å²) in [4.78, 5) is 23.0. The highest BCUT2D eigenvalue weighted by Crippen LogP contribution is 2.20. The second kappa shape index (κ2) is 7.93. The Morgan fingerprint density at radius 3 is 2.18 bits per heavy atom. The van der Waals surface area contributed by atoms with E-state index >= 15 is 0 Å². The normalized spacial score (nSPS) is 8.91. The first-order valence-corrected chi connectivity index (χ1v) is 7.38. The van der Waals surface area contributed by atoms with E-state index < -0.39 is 11.9 Å². The molecule has 0 saturated heterocycles. The molecule has 0 bridgehead atoms. The molecular weight excluding hydrogens is 324 g/mol. The number of ether oxygens (including phenoxy) is 1. The first kappa shape index (κ1) is 17.4. The van der Waals surface area contributed by atoms with E-state index in [0.29, 0.717) is 20.2 Å². The van der Waals surface area contributed by atoms with Crippen LogP contribution in [0, 0.1) is 29.6 Å². The highest BCUT2D eigenvalue weighted by Gasteiger charge is 2.11. The zero-order valence-electron chi connectivity index (χ0n) is 11.6. The lowest BCUT2D eigenvalue weighted by molar-refractivity contribution is 0.0605. The molecule has 2 aromatic heterocycles. The monoisotopic (exact) mass is 334 g/mol. The molecule has 0 aliphatic heterocycles. The molecule has 112 valence electrons. The number of nitriles is 2. The summed E-state index contributed by atoms with van der Waals surface area (Å²) in [5, 5.41) is 25.4. The molecule has 0 aliphatic carbocycles. The highest BCUT2D eigenvalue weighted by atomic mass is 32.1. The van der Waals surface area contributed by atoms with E-state index in [9.17, 15) is 9.59 Å². The first-order valence-electron chi connectivity index (χ1n) is 5.75. The summed E-state index contributed by atoms with van der Waals surface area (Å²) >= 11 is 2.14. The van der Waals surface area contributed by atoms with Crippen LogP contribution in [0.2, 0.25) is 0 Å². The van der Waals surface area contributed by atoms with Gasteiger partial charge in [0.15, 0.2) is 0 Å². The van der Waals surface area contributed by atoms with Crippen molar-refractivity contribution in [3.05, 3.63) is 43.3 Å². The zero-order chi connectivity index (χ0) is 16.7. The van der Waals surface area contributed by atoms with Crippen molar-refractivity contribution in [1.82, 2.24) is 0 Å². The molecule has 0 radical (unpaired) electrons. The van der Waals surface area contributed by atoms with Gasteiger partial charge in [-0.2, -0.15) is 10.5 Å². The van der Waals surface area contributed by atoms with Gasteiger partial charge in [0.2, 0.25) is 0 Å². The third kappa shape index (κ3) is 4.42. The number of carbonyl (C=O) groups excluding carboxylic acids is 1. The lowest BCUT2D eigenvalue weighted by Crippen LogP contribution is -1.96.